The predicted octanol–water partition coefficient (Wildman–Crippen LogP) is 4.13. The number of benzene rings is 1. The van der Waals surface area contributed by atoms with Crippen LogP contribution < -0.4 is 0 Å². The van der Waals surface area contributed by atoms with Gasteiger partial charge in [-0.1, -0.05) is 25.3 Å². The molecule has 1 aromatic carbocycles. The fourth-order valence-corrected chi connectivity index (χ4v) is 3.88. The van der Waals surface area contributed by atoms with Crippen LogP contribution in [0.2, 0.25) is 0 Å². The van der Waals surface area contributed by atoms with Gasteiger partial charge in [0.25, 0.3) is 0 Å². The highest BCUT2D eigenvalue weighted by molar-refractivity contribution is 5.21. The summed E-state index contributed by atoms with van der Waals surface area (Å²) in [5, 5.41) is 10.5. The van der Waals surface area contributed by atoms with E-state index in [-0.39, 0.29) is 17.1 Å². The SMILES string of the molecule is OC(c1ccc(F)cc1F)C1CCOC2(CCCCC2)C1. The van der Waals surface area contributed by atoms with Gasteiger partial charge in [-0.3, -0.25) is 0 Å². The normalized spacial score (nSPS) is 26.7. The maximum Gasteiger partial charge on any atom is 0.131 e. The molecule has 2 aliphatic rings. The van der Waals surface area contributed by atoms with Crippen molar-refractivity contribution in [1.29, 1.82) is 0 Å². The topological polar surface area (TPSA) is 29.5 Å². The molecule has 1 saturated heterocycles. The van der Waals surface area contributed by atoms with Crippen LogP contribution in [-0.4, -0.2) is 17.3 Å². The highest BCUT2D eigenvalue weighted by Gasteiger charge is 2.41. The van der Waals surface area contributed by atoms with E-state index >= 15 is 0 Å². The van der Waals surface area contributed by atoms with Crippen molar-refractivity contribution in [3.8, 4) is 0 Å². The monoisotopic (exact) mass is 296 g/mol. The Labute approximate surface area is 124 Å². The van der Waals surface area contributed by atoms with E-state index in [0.29, 0.717) is 6.61 Å². The third kappa shape index (κ3) is 3.11. The molecule has 0 aromatic heterocycles. The van der Waals surface area contributed by atoms with Gasteiger partial charge in [0.15, 0.2) is 0 Å². The first kappa shape index (κ1) is 14.9. The van der Waals surface area contributed by atoms with Crippen LogP contribution in [0.4, 0.5) is 8.78 Å². The van der Waals surface area contributed by atoms with Gasteiger partial charge in [0.05, 0.1) is 11.7 Å². The molecule has 1 N–H and O–H groups in total. The van der Waals surface area contributed by atoms with Crippen molar-refractivity contribution in [1.82, 2.24) is 0 Å². The van der Waals surface area contributed by atoms with Gasteiger partial charge in [-0.15, -0.1) is 0 Å². The lowest BCUT2D eigenvalue weighted by molar-refractivity contribution is -0.134. The number of hydrogen-bond acceptors (Lipinski definition) is 2. The van der Waals surface area contributed by atoms with E-state index in [1.165, 1.54) is 18.6 Å². The Morgan fingerprint density at radius 1 is 1.19 bits per heavy atom. The van der Waals surface area contributed by atoms with Crippen LogP contribution in [0.25, 0.3) is 0 Å². The maximum atomic E-state index is 13.9. The summed E-state index contributed by atoms with van der Waals surface area (Å²) in [6.45, 7) is 0.616. The summed E-state index contributed by atoms with van der Waals surface area (Å²) >= 11 is 0. The van der Waals surface area contributed by atoms with Crippen LogP contribution in [0.3, 0.4) is 0 Å². The number of halogens is 2. The predicted molar refractivity (Wildman–Crippen MR) is 75.8 cm³/mol. The Bertz CT molecular complexity index is 492. The lowest BCUT2D eigenvalue weighted by atomic mass is 9.74. The Morgan fingerprint density at radius 3 is 2.67 bits per heavy atom. The quantitative estimate of drug-likeness (QED) is 0.889. The van der Waals surface area contributed by atoms with Crippen LogP contribution in [0.5, 0.6) is 0 Å². The molecule has 2 nitrogen and oxygen atoms in total. The van der Waals surface area contributed by atoms with E-state index in [0.717, 1.165) is 44.6 Å². The second-order valence-electron chi connectivity index (χ2n) is 6.46. The lowest BCUT2D eigenvalue weighted by Gasteiger charge is -2.44. The first-order valence-electron chi connectivity index (χ1n) is 7.87. The minimum absolute atomic E-state index is 0.0168. The van der Waals surface area contributed by atoms with Crippen molar-refractivity contribution in [2.75, 3.05) is 6.61 Å². The molecule has 1 saturated carbocycles. The second kappa shape index (κ2) is 6.01. The molecule has 0 amide bonds. The molecule has 2 atom stereocenters. The van der Waals surface area contributed by atoms with Gasteiger partial charge in [-0.2, -0.15) is 0 Å². The fraction of sp³-hybridized carbons (Fsp3) is 0.647. The molecule has 0 radical (unpaired) electrons. The third-order valence-electron chi connectivity index (χ3n) is 5.02. The maximum absolute atomic E-state index is 13.9. The molecular formula is C17H22F2O2. The number of hydrogen-bond donors (Lipinski definition) is 1. The van der Waals surface area contributed by atoms with Gasteiger partial charge in [-0.05, 0) is 37.7 Å². The summed E-state index contributed by atoms with van der Waals surface area (Å²) in [7, 11) is 0. The molecule has 1 heterocycles. The Hall–Kier alpha value is -1.00. The van der Waals surface area contributed by atoms with Crippen molar-refractivity contribution < 1.29 is 18.6 Å². The molecule has 1 aliphatic carbocycles. The van der Waals surface area contributed by atoms with Crippen LogP contribution in [0.15, 0.2) is 18.2 Å². The molecular weight excluding hydrogens is 274 g/mol. The Kier molecular flexibility index (Phi) is 4.27. The second-order valence-corrected chi connectivity index (χ2v) is 6.46. The minimum atomic E-state index is -0.881. The number of aliphatic hydroxyl groups is 1. The van der Waals surface area contributed by atoms with E-state index in [1.54, 1.807) is 0 Å². The molecule has 2 fully saturated rings. The van der Waals surface area contributed by atoms with Crippen molar-refractivity contribution in [2.24, 2.45) is 5.92 Å². The minimum Gasteiger partial charge on any atom is -0.388 e. The summed E-state index contributed by atoms with van der Waals surface area (Å²) < 4.78 is 32.9. The first-order chi connectivity index (χ1) is 10.1. The molecule has 3 rings (SSSR count). The highest BCUT2D eigenvalue weighted by atomic mass is 19.1. The molecule has 2 unspecified atom stereocenters. The zero-order chi connectivity index (χ0) is 14.9. The van der Waals surface area contributed by atoms with Crippen molar-refractivity contribution >= 4 is 0 Å². The third-order valence-corrected chi connectivity index (χ3v) is 5.02. The van der Waals surface area contributed by atoms with Crippen LogP contribution in [0, 0.1) is 17.6 Å². The van der Waals surface area contributed by atoms with E-state index in [2.05, 4.69) is 0 Å². The number of ether oxygens (including phenoxy) is 1. The van der Waals surface area contributed by atoms with Gasteiger partial charge in [0.2, 0.25) is 0 Å². The highest BCUT2D eigenvalue weighted by Crippen LogP contribution is 2.44. The molecule has 0 bridgehead atoms. The summed E-state index contributed by atoms with van der Waals surface area (Å²) in [5.74, 6) is -1.29. The van der Waals surface area contributed by atoms with Crippen molar-refractivity contribution in [3.05, 3.63) is 35.4 Å². The Morgan fingerprint density at radius 2 is 1.95 bits per heavy atom. The van der Waals surface area contributed by atoms with Gasteiger partial charge >= 0.3 is 0 Å². The molecule has 116 valence electrons. The van der Waals surface area contributed by atoms with Crippen LogP contribution in [0.1, 0.15) is 56.6 Å². The largest absolute Gasteiger partial charge is 0.388 e. The summed E-state index contributed by atoms with van der Waals surface area (Å²) in [6.07, 6.45) is 6.23. The van der Waals surface area contributed by atoms with Crippen LogP contribution >= 0.6 is 0 Å². The summed E-state index contributed by atoms with van der Waals surface area (Å²) in [5.41, 5.74) is 0.0767. The summed E-state index contributed by atoms with van der Waals surface area (Å²) in [6, 6.07) is 3.41. The van der Waals surface area contributed by atoms with Crippen LogP contribution in [-0.2, 0) is 4.74 Å². The van der Waals surface area contributed by atoms with Crippen molar-refractivity contribution in [2.45, 2.75) is 56.7 Å². The average molecular weight is 296 g/mol. The molecule has 21 heavy (non-hydrogen) atoms. The number of rotatable bonds is 2. The van der Waals surface area contributed by atoms with Gasteiger partial charge in [0.1, 0.15) is 11.6 Å². The molecule has 1 spiro atoms. The molecule has 1 aromatic rings. The van der Waals surface area contributed by atoms with Gasteiger partial charge in [-0.25, -0.2) is 8.78 Å². The zero-order valence-electron chi connectivity index (χ0n) is 12.2. The first-order valence-corrected chi connectivity index (χ1v) is 7.87. The van der Waals surface area contributed by atoms with E-state index < -0.39 is 17.7 Å². The van der Waals surface area contributed by atoms with E-state index in [4.69, 9.17) is 4.74 Å². The number of aliphatic hydroxyl groups excluding tert-OH is 1. The standard InChI is InChI=1S/C17H22F2O2/c18-13-4-5-14(15(19)10-13)16(20)12-6-9-21-17(11-12)7-2-1-3-8-17/h4-5,10,12,16,20H,1-3,6-9,11H2. The molecule has 1 aliphatic heterocycles. The van der Waals surface area contributed by atoms with Gasteiger partial charge < -0.3 is 9.84 Å². The van der Waals surface area contributed by atoms with Gasteiger partial charge in [0, 0.05) is 18.2 Å². The van der Waals surface area contributed by atoms with Crippen molar-refractivity contribution in [3.63, 3.8) is 0 Å². The zero-order valence-corrected chi connectivity index (χ0v) is 12.2. The van der Waals surface area contributed by atoms with E-state index in [1.807, 2.05) is 0 Å². The average Bonchev–Trinajstić information content (AvgIpc) is 2.47. The fourth-order valence-electron chi connectivity index (χ4n) is 3.88. The molecule has 4 heteroatoms. The summed E-state index contributed by atoms with van der Waals surface area (Å²) in [4.78, 5) is 0. The Balaban J connectivity index is 1.76. The smallest absolute Gasteiger partial charge is 0.131 e. The lowest BCUT2D eigenvalue weighted by Crippen LogP contribution is -2.42. The van der Waals surface area contributed by atoms with E-state index in [9.17, 15) is 13.9 Å².